The molecule has 2 heteroatoms. The van der Waals surface area contributed by atoms with Crippen molar-refractivity contribution in [2.75, 3.05) is 6.54 Å². The largest absolute Gasteiger partial charge is 0.393 e. The van der Waals surface area contributed by atoms with Gasteiger partial charge in [0.05, 0.1) is 6.10 Å². The zero-order chi connectivity index (χ0) is 9.14. The van der Waals surface area contributed by atoms with Gasteiger partial charge in [0, 0.05) is 0 Å². The summed E-state index contributed by atoms with van der Waals surface area (Å²) >= 11 is 0. The molecular formula is C10H21NO. The van der Waals surface area contributed by atoms with E-state index in [0.29, 0.717) is 18.4 Å². The lowest BCUT2D eigenvalue weighted by Crippen LogP contribution is -2.32. The van der Waals surface area contributed by atoms with Crippen LogP contribution in [0.3, 0.4) is 0 Å². The van der Waals surface area contributed by atoms with Crippen LogP contribution in [0.4, 0.5) is 0 Å². The van der Waals surface area contributed by atoms with E-state index in [-0.39, 0.29) is 6.10 Å². The lowest BCUT2D eigenvalue weighted by molar-refractivity contribution is 0.0734. The zero-order valence-electron chi connectivity index (χ0n) is 8.16. The zero-order valence-corrected chi connectivity index (χ0v) is 8.16. The minimum atomic E-state index is -0.164. The number of hydrogen-bond donors (Lipinski definition) is 2. The van der Waals surface area contributed by atoms with Crippen LogP contribution in [0.25, 0.3) is 0 Å². The second kappa shape index (κ2) is 4.24. The molecule has 1 rings (SSSR count). The minimum absolute atomic E-state index is 0.164. The molecule has 1 saturated carbocycles. The van der Waals surface area contributed by atoms with Gasteiger partial charge in [0.2, 0.25) is 0 Å². The van der Waals surface area contributed by atoms with Gasteiger partial charge in [0.15, 0.2) is 0 Å². The van der Waals surface area contributed by atoms with Gasteiger partial charge in [-0.15, -0.1) is 0 Å². The van der Waals surface area contributed by atoms with E-state index >= 15 is 0 Å². The second-order valence-electron chi connectivity index (χ2n) is 4.39. The van der Waals surface area contributed by atoms with Crippen molar-refractivity contribution in [2.24, 2.45) is 23.5 Å². The molecule has 0 spiro atoms. The second-order valence-corrected chi connectivity index (χ2v) is 4.39. The summed E-state index contributed by atoms with van der Waals surface area (Å²) in [6.07, 6.45) is 3.43. The van der Waals surface area contributed by atoms with Crippen molar-refractivity contribution >= 4 is 0 Å². The smallest absolute Gasteiger partial charge is 0.0585 e. The standard InChI is InChI=1S/C10H21NO/c1-7(2)9(6-11)10(12)5-8-3-4-8/h7-10,12H,3-6,11H2,1-2H3. The summed E-state index contributed by atoms with van der Waals surface area (Å²) in [4.78, 5) is 0. The molecule has 0 aromatic heterocycles. The summed E-state index contributed by atoms with van der Waals surface area (Å²) in [6, 6.07) is 0. The first-order valence-corrected chi connectivity index (χ1v) is 5.03. The van der Waals surface area contributed by atoms with Crippen molar-refractivity contribution in [3.8, 4) is 0 Å². The molecule has 1 fully saturated rings. The molecule has 1 aliphatic rings. The predicted octanol–water partition coefficient (Wildman–Crippen LogP) is 1.38. The molecule has 2 nitrogen and oxygen atoms in total. The lowest BCUT2D eigenvalue weighted by Gasteiger charge is -2.24. The number of aliphatic hydroxyl groups is 1. The topological polar surface area (TPSA) is 46.2 Å². The van der Waals surface area contributed by atoms with Crippen LogP contribution < -0.4 is 5.73 Å². The normalized spacial score (nSPS) is 22.8. The molecule has 3 N–H and O–H groups in total. The molecule has 0 bridgehead atoms. The molecule has 0 heterocycles. The maximum absolute atomic E-state index is 9.81. The molecule has 72 valence electrons. The van der Waals surface area contributed by atoms with Crippen molar-refractivity contribution in [3.63, 3.8) is 0 Å². The number of rotatable bonds is 5. The monoisotopic (exact) mass is 171 g/mol. The maximum Gasteiger partial charge on any atom is 0.0585 e. The summed E-state index contributed by atoms with van der Waals surface area (Å²) in [5, 5.41) is 9.81. The van der Waals surface area contributed by atoms with Crippen LogP contribution in [0.5, 0.6) is 0 Å². The number of aliphatic hydroxyl groups excluding tert-OH is 1. The highest BCUT2D eigenvalue weighted by molar-refractivity contribution is 4.81. The minimum Gasteiger partial charge on any atom is -0.393 e. The molecule has 2 atom stereocenters. The van der Waals surface area contributed by atoms with Gasteiger partial charge in [0.1, 0.15) is 0 Å². The summed E-state index contributed by atoms with van der Waals surface area (Å²) in [5.41, 5.74) is 5.61. The number of nitrogens with two attached hydrogens (primary N) is 1. The first-order chi connectivity index (χ1) is 5.65. The van der Waals surface area contributed by atoms with Crippen LogP contribution in [-0.2, 0) is 0 Å². The Hall–Kier alpha value is -0.0800. The highest BCUT2D eigenvalue weighted by atomic mass is 16.3. The van der Waals surface area contributed by atoms with Crippen LogP contribution in [-0.4, -0.2) is 17.8 Å². The third-order valence-electron chi connectivity index (χ3n) is 2.89. The van der Waals surface area contributed by atoms with Gasteiger partial charge >= 0.3 is 0 Å². The van der Waals surface area contributed by atoms with E-state index in [1.807, 2.05) is 0 Å². The van der Waals surface area contributed by atoms with Gasteiger partial charge in [-0.05, 0) is 30.7 Å². The van der Waals surface area contributed by atoms with Gasteiger partial charge < -0.3 is 10.8 Å². The van der Waals surface area contributed by atoms with E-state index in [2.05, 4.69) is 13.8 Å². The van der Waals surface area contributed by atoms with Gasteiger partial charge in [-0.25, -0.2) is 0 Å². The summed E-state index contributed by atoms with van der Waals surface area (Å²) in [5.74, 6) is 1.60. The molecular weight excluding hydrogens is 150 g/mol. The van der Waals surface area contributed by atoms with Crippen LogP contribution >= 0.6 is 0 Å². The van der Waals surface area contributed by atoms with Crippen molar-refractivity contribution < 1.29 is 5.11 Å². The first-order valence-electron chi connectivity index (χ1n) is 5.03. The quantitative estimate of drug-likeness (QED) is 0.656. The third-order valence-corrected chi connectivity index (χ3v) is 2.89. The molecule has 0 radical (unpaired) electrons. The van der Waals surface area contributed by atoms with Gasteiger partial charge in [0.25, 0.3) is 0 Å². The van der Waals surface area contributed by atoms with Crippen LogP contribution in [0.15, 0.2) is 0 Å². The fourth-order valence-electron chi connectivity index (χ4n) is 1.74. The Morgan fingerprint density at radius 1 is 1.42 bits per heavy atom. The Bertz CT molecular complexity index is 132. The Morgan fingerprint density at radius 3 is 2.33 bits per heavy atom. The van der Waals surface area contributed by atoms with E-state index in [1.54, 1.807) is 0 Å². The third kappa shape index (κ3) is 2.76. The highest BCUT2D eigenvalue weighted by Gasteiger charge is 2.29. The fourth-order valence-corrected chi connectivity index (χ4v) is 1.74. The Balaban J connectivity index is 2.29. The highest BCUT2D eigenvalue weighted by Crippen LogP contribution is 2.35. The number of hydrogen-bond acceptors (Lipinski definition) is 2. The van der Waals surface area contributed by atoms with Crippen molar-refractivity contribution in [1.82, 2.24) is 0 Å². The molecule has 0 aromatic rings. The Kier molecular flexibility index (Phi) is 3.53. The molecule has 2 unspecified atom stereocenters. The van der Waals surface area contributed by atoms with E-state index in [1.165, 1.54) is 12.8 Å². The first kappa shape index (κ1) is 10.0. The van der Waals surface area contributed by atoms with Crippen molar-refractivity contribution in [2.45, 2.75) is 39.2 Å². The van der Waals surface area contributed by atoms with E-state index in [9.17, 15) is 5.11 Å². The molecule has 0 amide bonds. The molecule has 12 heavy (non-hydrogen) atoms. The van der Waals surface area contributed by atoms with Crippen LogP contribution in [0.2, 0.25) is 0 Å². The van der Waals surface area contributed by atoms with Crippen LogP contribution in [0, 0.1) is 17.8 Å². The average molecular weight is 171 g/mol. The molecule has 1 aliphatic carbocycles. The maximum atomic E-state index is 9.81. The average Bonchev–Trinajstić information content (AvgIpc) is 2.71. The van der Waals surface area contributed by atoms with Gasteiger partial charge in [-0.2, -0.15) is 0 Å². The predicted molar refractivity (Wildman–Crippen MR) is 50.7 cm³/mol. The molecule has 0 aromatic carbocycles. The summed E-state index contributed by atoms with van der Waals surface area (Å²) < 4.78 is 0. The van der Waals surface area contributed by atoms with E-state index in [0.717, 1.165) is 12.3 Å². The fraction of sp³-hybridized carbons (Fsp3) is 1.00. The van der Waals surface area contributed by atoms with E-state index in [4.69, 9.17) is 5.73 Å². The summed E-state index contributed by atoms with van der Waals surface area (Å²) in [6.45, 7) is 4.88. The summed E-state index contributed by atoms with van der Waals surface area (Å²) in [7, 11) is 0. The van der Waals surface area contributed by atoms with Crippen molar-refractivity contribution in [3.05, 3.63) is 0 Å². The van der Waals surface area contributed by atoms with Gasteiger partial charge in [-0.3, -0.25) is 0 Å². The Morgan fingerprint density at radius 2 is 2.00 bits per heavy atom. The molecule has 0 aliphatic heterocycles. The van der Waals surface area contributed by atoms with Crippen molar-refractivity contribution in [1.29, 1.82) is 0 Å². The van der Waals surface area contributed by atoms with E-state index < -0.39 is 0 Å². The van der Waals surface area contributed by atoms with Crippen LogP contribution in [0.1, 0.15) is 33.1 Å². The Labute approximate surface area is 75.2 Å². The SMILES string of the molecule is CC(C)C(CN)C(O)CC1CC1. The lowest BCUT2D eigenvalue weighted by atomic mass is 9.88. The molecule has 0 saturated heterocycles. The van der Waals surface area contributed by atoms with Gasteiger partial charge in [-0.1, -0.05) is 26.7 Å².